The van der Waals surface area contributed by atoms with Gasteiger partial charge in [0.05, 0.1) is 23.5 Å². The molecule has 2 amide bonds. The Labute approximate surface area is 217 Å². The Balaban J connectivity index is 1.53. The highest BCUT2D eigenvalue weighted by Gasteiger charge is 2.29. The molecule has 2 heterocycles. The van der Waals surface area contributed by atoms with Crippen molar-refractivity contribution < 1.29 is 19.1 Å². The van der Waals surface area contributed by atoms with Crippen LogP contribution in [0.2, 0.25) is 0 Å². The van der Waals surface area contributed by atoms with Crippen molar-refractivity contribution in [2.24, 2.45) is 0 Å². The van der Waals surface area contributed by atoms with Gasteiger partial charge in [0.2, 0.25) is 12.7 Å². The minimum Gasteiger partial charge on any atom is -0.454 e. The minimum absolute atomic E-state index is 0.00530. The Kier molecular flexibility index (Phi) is 6.42. The van der Waals surface area contributed by atoms with E-state index in [0.717, 1.165) is 32.7 Å². The highest BCUT2D eigenvalue weighted by molar-refractivity contribution is 9.10. The van der Waals surface area contributed by atoms with E-state index < -0.39 is 0 Å². The van der Waals surface area contributed by atoms with Crippen LogP contribution in [0.3, 0.4) is 0 Å². The van der Waals surface area contributed by atoms with Crippen LogP contribution in [-0.4, -0.2) is 51.2 Å². The summed E-state index contributed by atoms with van der Waals surface area (Å²) in [5.74, 6) is 1.08. The van der Waals surface area contributed by atoms with E-state index in [1.807, 2.05) is 79.7 Å². The number of carbonyl (C=O) groups is 2. The summed E-state index contributed by atoms with van der Waals surface area (Å²) in [5, 5.41) is 6.40. The molecule has 3 aromatic rings. The maximum atomic E-state index is 13.2. The zero-order valence-corrected chi connectivity index (χ0v) is 21.7. The lowest BCUT2D eigenvalue weighted by atomic mass is 9.99. The van der Waals surface area contributed by atoms with Crippen molar-refractivity contribution in [3.05, 3.63) is 76.3 Å². The van der Waals surface area contributed by atoms with E-state index in [4.69, 9.17) is 9.47 Å². The van der Waals surface area contributed by atoms with Crippen molar-refractivity contribution >= 4 is 56.1 Å². The molecule has 9 heteroatoms. The van der Waals surface area contributed by atoms with E-state index in [9.17, 15) is 9.59 Å². The molecule has 0 aromatic heterocycles. The maximum absolute atomic E-state index is 13.2. The van der Waals surface area contributed by atoms with Crippen LogP contribution in [0.25, 0.3) is 11.3 Å². The first-order chi connectivity index (χ1) is 17.3. The molecule has 0 fully saturated rings. The summed E-state index contributed by atoms with van der Waals surface area (Å²) in [4.78, 5) is 29.1. The molecule has 3 aromatic carbocycles. The molecule has 0 saturated carbocycles. The van der Waals surface area contributed by atoms with Crippen molar-refractivity contribution in [1.82, 2.24) is 4.90 Å². The summed E-state index contributed by atoms with van der Waals surface area (Å²) in [6.45, 7) is 0.485. The summed E-state index contributed by atoms with van der Waals surface area (Å²) >= 11 is 3.47. The number of benzene rings is 3. The number of rotatable bonds is 6. The molecule has 0 aliphatic carbocycles. The molecule has 184 valence electrons. The van der Waals surface area contributed by atoms with Crippen LogP contribution in [0, 0.1) is 0 Å². The van der Waals surface area contributed by atoms with Crippen molar-refractivity contribution in [2.75, 3.05) is 50.0 Å². The summed E-state index contributed by atoms with van der Waals surface area (Å²) in [7, 11) is 5.48. The number of halogens is 1. The molecular formula is C27H25BrN4O4. The molecule has 0 spiro atoms. The number of carbonyl (C=O) groups excluding carboxylic acids is 2. The van der Waals surface area contributed by atoms with Gasteiger partial charge >= 0.3 is 0 Å². The van der Waals surface area contributed by atoms with Gasteiger partial charge in [0.25, 0.3) is 5.91 Å². The zero-order valence-electron chi connectivity index (χ0n) is 20.1. The number of ether oxygens (including phenoxy) is 2. The second-order valence-electron chi connectivity index (χ2n) is 8.82. The van der Waals surface area contributed by atoms with Gasteiger partial charge in [-0.3, -0.25) is 9.59 Å². The van der Waals surface area contributed by atoms with E-state index >= 15 is 0 Å². The smallest absolute Gasteiger partial charge is 0.258 e. The van der Waals surface area contributed by atoms with Gasteiger partial charge in [0.1, 0.15) is 0 Å². The van der Waals surface area contributed by atoms with E-state index in [1.165, 1.54) is 0 Å². The lowest BCUT2D eigenvalue weighted by Crippen LogP contribution is -2.34. The van der Waals surface area contributed by atoms with Gasteiger partial charge in [-0.1, -0.05) is 22.0 Å². The Hall–Kier alpha value is -3.82. The van der Waals surface area contributed by atoms with Crippen LogP contribution in [0.1, 0.15) is 11.1 Å². The summed E-state index contributed by atoms with van der Waals surface area (Å²) < 4.78 is 11.9. The maximum Gasteiger partial charge on any atom is 0.258 e. The number of fused-ring (bicyclic) bond motifs is 2. The fourth-order valence-electron chi connectivity index (χ4n) is 4.16. The molecule has 2 N–H and O–H groups in total. The Morgan fingerprint density at radius 2 is 1.75 bits per heavy atom. The van der Waals surface area contributed by atoms with Gasteiger partial charge < -0.3 is 29.9 Å². The number of nitrogens with zero attached hydrogens (tertiary/aromatic N) is 2. The molecule has 0 unspecified atom stereocenters. The van der Waals surface area contributed by atoms with Crippen molar-refractivity contribution in [1.29, 1.82) is 0 Å². The number of anilines is 3. The van der Waals surface area contributed by atoms with Gasteiger partial charge in [0.15, 0.2) is 11.5 Å². The first-order valence-corrected chi connectivity index (χ1v) is 12.1. The highest BCUT2D eigenvalue weighted by atomic mass is 79.9. The van der Waals surface area contributed by atoms with Gasteiger partial charge in [-0.15, -0.1) is 0 Å². The average Bonchev–Trinajstić information content (AvgIpc) is 3.44. The number of nitrogens with one attached hydrogen (secondary N) is 2. The van der Waals surface area contributed by atoms with Gasteiger partial charge in [-0.05, 0) is 68.7 Å². The fourth-order valence-corrected chi connectivity index (χ4v) is 4.52. The third-order valence-electron chi connectivity index (χ3n) is 5.99. The third kappa shape index (κ3) is 4.67. The standard InChI is InChI=1S/C27H25BrN4O4/c1-31(2)14-24(33)32(3)19-8-6-18(7-9-19)29-26(16-4-11-22-23(12-16)36-15-35-22)25-20-10-5-17(28)13-21(20)30-27(25)34/h4-13,29H,14-15H2,1-3H3,(H,30,34). The Morgan fingerprint density at radius 1 is 1.00 bits per heavy atom. The number of hydrogen-bond donors (Lipinski definition) is 2. The molecule has 0 atom stereocenters. The summed E-state index contributed by atoms with van der Waals surface area (Å²) in [6, 6.07) is 18.8. The van der Waals surface area contributed by atoms with Crippen molar-refractivity contribution in [3.63, 3.8) is 0 Å². The molecule has 5 rings (SSSR count). The van der Waals surface area contributed by atoms with E-state index in [0.29, 0.717) is 29.3 Å². The molecule has 2 aliphatic heterocycles. The van der Waals surface area contributed by atoms with Gasteiger partial charge in [-0.2, -0.15) is 0 Å². The normalized spacial score (nSPS) is 15.0. The number of hydrogen-bond acceptors (Lipinski definition) is 6. The van der Waals surface area contributed by atoms with Crippen LogP contribution >= 0.6 is 15.9 Å². The largest absolute Gasteiger partial charge is 0.454 e. The van der Waals surface area contributed by atoms with Crippen LogP contribution in [0.5, 0.6) is 11.5 Å². The van der Waals surface area contributed by atoms with Gasteiger partial charge in [0, 0.05) is 34.0 Å². The molecular weight excluding hydrogens is 524 g/mol. The topological polar surface area (TPSA) is 83.1 Å². The lowest BCUT2D eigenvalue weighted by molar-refractivity contribution is -0.119. The Bertz CT molecular complexity index is 1390. The monoisotopic (exact) mass is 548 g/mol. The second kappa shape index (κ2) is 9.67. The highest BCUT2D eigenvalue weighted by Crippen LogP contribution is 2.41. The molecule has 0 saturated heterocycles. The van der Waals surface area contributed by atoms with Gasteiger partial charge in [-0.25, -0.2) is 0 Å². The van der Waals surface area contributed by atoms with Crippen molar-refractivity contribution in [3.8, 4) is 11.5 Å². The van der Waals surface area contributed by atoms with Crippen LogP contribution in [-0.2, 0) is 9.59 Å². The number of amides is 2. The average molecular weight is 549 g/mol. The molecule has 0 radical (unpaired) electrons. The summed E-state index contributed by atoms with van der Waals surface area (Å²) in [6.07, 6.45) is 0. The minimum atomic E-state index is -0.200. The molecule has 2 aliphatic rings. The zero-order chi connectivity index (χ0) is 25.4. The second-order valence-corrected chi connectivity index (χ2v) is 9.74. The first-order valence-electron chi connectivity index (χ1n) is 11.3. The third-order valence-corrected chi connectivity index (χ3v) is 6.48. The SMILES string of the molecule is CN(C)CC(=O)N(C)c1ccc(NC(=C2C(=O)Nc3cc(Br)ccc32)c2ccc3c(c2)OCO3)cc1. The van der Waals surface area contributed by atoms with Crippen LogP contribution < -0.4 is 25.0 Å². The fraction of sp³-hybridized carbons (Fsp3) is 0.185. The first kappa shape index (κ1) is 23.9. The molecule has 8 nitrogen and oxygen atoms in total. The van der Waals surface area contributed by atoms with Crippen LogP contribution in [0.15, 0.2) is 65.1 Å². The van der Waals surface area contributed by atoms with E-state index in [1.54, 1.807) is 11.9 Å². The lowest BCUT2D eigenvalue weighted by Gasteiger charge is -2.20. The quantitative estimate of drug-likeness (QED) is 0.437. The number of likely N-dealkylation sites (N-methyl/N-ethyl adjacent to an activating group) is 2. The van der Waals surface area contributed by atoms with Crippen molar-refractivity contribution in [2.45, 2.75) is 0 Å². The molecule has 36 heavy (non-hydrogen) atoms. The predicted octanol–water partition coefficient (Wildman–Crippen LogP) is 4.63. The Morgan fingerprint density at radius 3 is 2.50 bits per heavy atom. The summed E-state index contributed by atoms with van der Waals surface area (Å²) in [5.41, 5.74) is 5.02. The van der Waals surface area contributed by atoms with Crippen LogP contribution in [0.4, 0.5) is 17.1 Å². The molecule has 0 bridgehead atoms. The predicted molar refractivity (Wildman–Crippen MR) is 144 cm³/mol. The van der Waals surface area contributed by atoms with E-state index in [2.05, 4.69) is 26.6 Å². The van der Waals surface area contributed by atoms with E-state index in [-0.39, 0.29) is 18.6 Å².